The molecule has 4 heteroatoms. The van der Waals surface area contributed by atoms with Gasteiger partial charge in [-0.2, -0.15) is 5.10 Å². The lowest BCUT2D eigenvalue weighted by Gasteiger charge is -1.92. The van der Waals surface area contributed by atoms with Gasteiger partial charge >= 0.3 is 0 Å². The second kappa shape index (κ2) is 3.34. The van der Waals surface area contributed by atoms with Crippen LogP contribution in [0.25, 0.3) is 0 Å². The lowest BCUT2D eigenvalue weighted by Crippen LogP contribution is -2.04. The zero-order chi connectivity index (χ0) is 7.56. The highest BCUT2D eigenvalue weighted by atomic mass is 127. The molecule has 0 aliphatic rings. The standard InChI is InChI=1S/C6H10IN3/c1-8-3-5-4-10(2)9-6(5)7/h4,8H,3H2,1-2H3. The van der Waals surface area contributed by atoms with E-state index in [1.165, 1.54) is 5.56 Å². The number of aromatic nitrogens is 2. The zero-order valence-corrected chi connectivity index (χ0v) is 8.21. The Labute approximate surface area is 73.9 Å². The Bertz CT molecular complexity index is 219. The number of hydrogen-bond acceptors (Lipinski definition) is 2. The molecule has 0 amide bonds. The van der Waals surface area contributed by atoms with Crippen LogP contribution in [0.2, 0.25) is 0 Å². The zero-order valence-electron chi connectivity index (χ0n) is 6.06. The highest BCUT2D eigenvalue weighted by Crippen LogP contribution is 2.07. The van der Waals surface area contributed by atoms with E-state index in [0.29, 0.717) is 0 Å². The van der Waals surface area contributed by atoms with Crippen molar-refractivity contribution in [3.63, 3.8) is 0 Å². The summed E-state index contributed by atoms with van der Waals surface area (Å²) < 4.78 is 2.91. The SMILES string of the molecule is CNCc1cn(C)nc1I. The molecule has 0 spiro atoms. The molecule has 0 aromatic carbocycles. The maximum Gasteiger partial charge on any atom is 0.127 e. The third-order valence-corrected chi connectivity index (χ3v) is 2.13. The molecule has 1 rings (SSSR count). The normalized spacial score (nSPS) is 10.3. The van der Waals surface area contributed by atoms with Gasteiger partial charge in [0, 0.05) is 25.4 Å². The first kappa shape index (κ1) is 8.00. The van der Waals surface area contributed by atoms with Crippen LogP contribution in [0.15, 0.2) is 6.20 Å². The van der Waals surface area contributed by atoms with Crippen LogP contribution in [0, 0.1) is 3.70 Å². The van der Waals surface area contributed by atoms with E-state index in [4.69, 9.17) is 0 Å². The van der Waals surface area contributed by atoms with Crippen molar-refractivity contribution in [2.75, 3.05) is 7.05 Å². The Kier molecular flexibility index (Phi) is 2.67. The average Bonchev–Trinajstić information content (AvgIpc) is 2.13. The average molecular weight is 251 g/mol. The van der Waals surface area contributed by atoms with Crippen LogP contribution < -0.4 is 5.32 Å². The molecule has 0 radical (unpaired) electrons. The van der Waals surface area contributed by atoms with Gasteiger partial charge in [-0.1, -0.05) is 0 Å². The topological polar surface area (TPSA) is 29.9 Å². The minimum absolute atomic E-state index is 0.895. The molecule has 56 valence electrons. The summed E-state index contributed by atoms with van der Waals surface area (Å²) >= 11 is 2.23. The molecule has 10 heavy (non-hydrogen) atoms. The fourth-order valence-corrected chi connectivity index (χ4v) is 1.49. The third kappa shape index (κ3) is 1.69. The van der Waals surface area contributed by atoms with Crippen molar-refractivity contribution in [3.05, 3.63) is 15.5 Å². The Hall–Kier alpha value is -0.100. The van der Waals surface area contributed by atoms with Gasteiger partial charge in [0.2, 0.25) is 0 Å². The summed E-state index contributed by atoms with van der Waals surface area (Å²) in [5, 5.41) is 7.27. The first-order valence-electron chi connectivity index (χ1n) is 3.06. The predicted molar refractivity (Wildman–Crippen MR) is 48.7 cm³/mol. The number of hydrogen-bond donors (Lipinski definition) is 1. The van der Waals surface area contributed by atoms with Crippen LogP contribution >= 0.6 is 22.6 Å². The molecule has 0 aliphatic carbocycles. The first-order chi connectivity index (χ1) is 4.74. The second-order valence-electron chi connectivity index (χ2n) is 2.15. The Morgan fingerprint density at radius 1 is 1.80 bits per heavy atom. The summed E-state index contributed by atoms with van der Waals surface area (Å²) in [4.78, 5) is 0. The van der Waals surface area contributed by atoms with Gasteiger partial charge < -0.3 is 5.32 Å². The number of halogens is 1. The molecule has 1 aromatic rings. The Morgan fingerprint density at radius 2 is 2.50 bits per heavy atom. The van der Waals surface area contributed by atoms with Crippen LogP contribution in [0.3, 0.4) is 0 Å². The fraction of sp³-hybridized carbons (Fsp3) is 0.500. The summed E-state index contributed by atoms with van der Waals surface area (Å²) in [6.45, 7) is 0.895. The van der Waals surface area contributed by atoms with E-state index < -0.39 is 0 Å². The van der Waals surface area contributed by atoms with Crippen LogP contribution in [-0.4, -0.2) is 16.8 Å². The molecule has 0 unspecified atom stereocenters. The molecule has 1 N–H and O–H groups in total. The number of nitrogens with one attached hydrogen (secondary N) is 1. The second-order valence-corrected chi connectivity index (χ2v) is 3.17. The van der Waals surface area contributed by atoms with Gasteiger partial charge in [0.1, 0.15) is 3.70 Å². The van der Waals surface area contributed by atoms with E-state index >= 15 is 0 Å². The van der Waals surface area contributed by atoms with Crippen molar-refractivity contribution < 1.29 is 0 Å². The molecular weight excluding hydrogens is 241 g/mol. The minimum atomic E-state index is 0.895. The molecule has 1 heterocycles. The Morgan fingerprint density at radius 3 is 2.90 bits per heavy atom. The summed E-state index contributed by atoms with van der Waals surface area (Å²) in [5.74, 6) is 0. The highest BCUT2D eigenvalue weighted by molar-refractivity contribution is 14.1. The molecule has 0 saturated carbocycles. The third-order valence-electron chi connectivity index (χ3n) is 1.22. The van der Waals surface area contributed by atoms with E-state index in [9.17, 15) is 0 Å². The largest absolute Gasteiger partial charge is 0.316 e. The fourth-order valence-electron chi connectivity index (χ4n) is 0.819. The molecule has 0 saturated heterocycles. The van der Waals surface area contributed by atoms with Gasteiger partial charge in [0.05, 0.1) is 0 Å². The quantitative estimate of drug-likeness (QED) is 0.786. The first-order valence-corrected chi connectivity index (χ1v) is 4.14. The minimum Gasteiger partial charge on any atom is -0.316 e. The molecule has 1 aromatic heterocycles. The predicted octanol–water partition coefficient (Wildman–Crippen LogP) is 0.744. The van der Waals surface area contributed by atoms with Crippen LogP contribution in [0.5, 0.6) is 0 Å². The molecule has 0 fully saturated rings. The summed E-state index contributed by atoms with van der Waals surface area (Å²) in [7, 11) is 3.87. The van der Waals surface area contributed by atoms with Crippen LogP contribution in [0.4, 0.5) is 0 Å². The Balaban J connectivity index is 2.81. The molecule has 0 atom stereocenters. The van der Waals surface area contributed by atoms with E-state index in [2.05, 4.69) is 33.0 Å². The van der Waals surface area contributed by atoms with E-state index in [-0.39, 0.29) is 0 Å². The van der Waals surface area contributed by atoms with Gasteiger partial charge in [-0.05, 0) is 29.6 Å². The van der Waals surface area contributed by atoms with Crippen molar-refractivity contribution >= 4 is 22.6 Å². The van der Waals surface area contributed by atoms with E-state index in [1.807, 2.05) is 25.0 Å². The molecule has 0 bridgehead atoms. The van der Waals surface area contributed by atoms with Crippen molar-refractivity contribution in [1.29, 1.82) is 0 Å². The summed E-state index contributed by atoms with van der Waals surface area (Å²) in [6.07, 6.45) is 2.03. The maximum atomic E-state index is 4.19. The van der Waals surface area contributed by atoms with Crippen molar-refractivity contribution in [3.8, 4) is 0 Å². The molecular formula is C6H10IN3. The van der Waals surface area contributed by atoms with Gasteiger partial charge in [-0.3, -0.25) is 4.68 Å². The maximum absolute atomic E-state index is 4.19. The monoisotopic (exact) mass is 251 g/mol. The van der Waals surface area contributed by atoms with Gasteiger partial charge in [-0.15, -0.1) is 0 Å². The van der Waals surface area contributed by atoms with Crippen molar-refractivity contribution in [1.82, 2.24) is 15.1 Å². The number of aryl methyl sites for hydroxylation is 1. The van der Waals surface area contributed by atoms with Gasteiger partial charge in [0.15, 0.2) is 0 Å². The van der Waals surface area contributed by atoms with Crippen LogP contribution in [-0.2, 0) is 13.6 Å². The van der Waals surface area contributed by atoms with Gasteiger partial charge in [0.25, 0.3) is 0 Å². The van der Waals surface area contributed by atoms with E-state index in [1.54, 1.807) is 0 Å². The highest BCUT2D eigenvalue weighted by Gasteiger charge is 2.00. The van der Waals surface area contributed by atoms with Crippen molar-refractivity contribution in [2.24, 2.45) is 7.05 Å². The summed E-state index contributed by atoms with van der Waals surface area (Å²) in [5.41, 5.74) is 1.26. The number of rotatable bonds is 2. The van der Waals surface area contributed by atoms with Crippen LogP contribution in [0.1, 0.15) is 5.56 Å². The number of nitrogens with zero attached hydrogens (tertiary/aromatic N) is 2. The summed E-state index contributed by atoms with van der Waals surface area (Å²) in [6, 6.07) is 0. The smallest absolute Gasteiger partial charge is 0.127 e. The van der Waals surface area contributed by atoms with E-state index in [0.717, 1.165) is 10.2 Å². The lowest BCUT2D eigenvalue weighted by atomic mass is 10.4. The van der Waals surface area contributed by atoms with Gasteiger partial charge in [-0.25, -0.2) is 0 Å². The van der Waals surface area contributed by atoms with Crippen molar-refractivity contribution in [2.45, 2.75) is 6.54 Å². The molecule has 0 aliphatic heterocycles. The lowest BCUT2D eigenvalue weighted by molar-refractivity contribution is 0.758. The molecule has 3 nitrogen and oxygen atoms in total.